The first-order chi connectivity index (χ1) is 9.10. The largest absolute Gasteiger partial charge is 0.456 e. The maximum absolute atomic E-state index is 9.71. The van der Waals surface area contributed by atoms with E-state index in [1.807, 2.05) is 19.1 Å². The Kier molecular flexibility index (Phi) is 4.70. The average molecular weight is 297 g/mol. The van der Waals surface area contributed by atoms with Crippen molar-refractivity contribution in [2.75, 3.05) is 0 Å². The second kappa shape index (κ2) is 6.29. The molecule has 0 spiro atoms. The monoisotopic (exact) mass is 296 g/mol. The highest BCUT2D eigenvalue weighted by molar-refractivity contribution is 6.35. The number of hydrogen-bond acceptors (Lipinski definition) is 2. The van der Waals surface area contributed by atoms with Gasteiger partial charge in [-0.25, -0.2) is 0 Å². The second-order valence-electron chi connectivity index (χ2n) is 4.17. The summed E-state index contributed by atoms with van der Waals surface area (Å²) < 4.78 is 5.66. The van der Waals surface area contributed by atoms with Gasteiger partial charge in [0.1, 0.15) is 11.5 Å². The smallest absolute Gasteiger partial charge is 0.146 e. The third-order valence-corrected chi connectivity index (χ3v) is 3.30. The lowest BCUT2D eigenvalue weighted by atomic mass is 10.1. The molecule has 0 saturated heterocycles. The van der Waals surface area contributed by atoms with Crippen molar-refractivity contribution in [3.63, 3.8) is 0 Å². The molecule has 100 valence electrons. The maximum Gasteiger partial charge on any atom is 0.146 e. The molecule has 1 N–H and O–H groups in total. The minimum atomic E-state index is -0.437. The number of aliphatic hydroxyl groups is 1. The second-order valence-corrected chi connectivity index (χ2v) is 5.01. The van der Waals surface area contributed by atoms with Gasteiger partial charge < -0.3 is 9.84 Å². The number of benzene rings is 2. The molecule has 19 heavy (non-hydrogen) atoms. The summed E-state index contributed by atoms with van der Waals surface area (Å²) in [6.45, 7) is 1.93. The first-order valence-electron chi connectivity index (χ1n) is 6.01. The van der Waals surface area contributed by atoms with Gasteiger partial charge >= 0.3 is 0 Å². The summed E-state index contributed by atoms with van der Waals surface area (Å²) in [6.07, 6.45) is 0.247. The molecule has 0 heterocycles. The zero-order valence-electron chi connectivity index (χ0n) is 10.4. The van der Waals surface area contributed by atoms with E-state index in [1.54, 1.807) is 30.3 Å². The van der Waals surface area contributed by atoms with E-state index >= 15 is 0 Å². The van der Waals surface area contributed by atoms with E-state index in [1.165, 1.54) is 0 Å². The van der Waals surface area contributed by atoms with E-state index in [4.69, 9.17) is 27.9 Å². The predicted molar refractivity (Wildman–Crippen MR) is 78.2 cm³/mol. The van der Waals surface area contributed by atoms with Crippen molar-refractivity contribution in [2.24, 2.45) is 0 Å². The SMILES string of the molecule is CC[C@H](O)c1ccc(Oc2ccc(Cl)cc2Cl)cc1. The zero-order valence-corrected chi connectivity index (χ0v) is 11.9. The molecule has 0 unspecified atom stereocenters. The van der Waals surface area contributed by atoms with Crippen molar-refractivity contribution in [3.8, 4) is 11.5 Å². The third kappa shape index (κ3) is 3.63. The molecule has 0 aliphatic heterocycles. The molecule has 0 bridgehead atoms. The number of rotatable bonds is 4. The lowest BCUT2D eigenvalue weighted by molar-refractivity contribution is 0.173. The summed E-state index contributed by atoms with van der Waals surface area (Å²) in [7, 11) is 0. The summed E-state index contributed by atoms with van der Waals surface area (Å²) in [5, 5.41) is 10.7. The summed E-state index contributed by atoms with van der Waals surface area (Å²) in [5.41, 5.74) is 0.872. The summed E-state index contributed by atoms with van der Waals surface area (Å²) in [6, 6.07) is 12.4. The zero-order chi connectivity index (χ0) is 13.8. The van der Waals surface area contributed by atoms with Crippen LogP contribution in [0.15, 0.2) is 42.5 Å². The normalized spacial score (nSPS) is 12.2. The van der Waals surface area contributed by atoms with E-state index in [0.717, 1.165) is 5.56 Å². The average Bonchev–Trinajstić information content (AvgIpc) is 2.42. The molecule has 0 aromatic heterocycles. The van der Waals surface area contributed by atoms with Crippen molar-refractivity contribution in [3.05, 3.63) is 58.1 Å². The fourth-order valence-electron chi connectivity index (χ4n) is 1.68. The first kappa shape index (κ1) is 14.2. The van der Waals surface area contributed by atoms with Gasteiger partial charge in [0.15, 0.2) is 0 Å². The van der Waals surface area contributed by atoms with Crippen molar-refractivity contribution in [2.45, 2.75) is 19.4 Å². The highest BCUT2D eigenvalue weighted by Crippen LogP contribution is 2.32. The molecular formula is C15H14Cl2O2. The minimum absolute atomic E-state index is 0.437. The van der Waals surface area contributed by atoms with E-state index in [9.17, 15) is 5.11 Å². The van der Waals surface area contributed by atoms with Gasteiger partial charge in [-0.2, -0.15) is 0 Å². The molecule has 2 aromatic rings. The Morgan fingerprint density at radius 3 is 2.37 bits per heavy atom. The van der Waals surface area contributed by atoms with Gasteiger partial charge in [0, 0.05) is 5.02 Å². The van der Waals surface area contributed by atoms with Crippen LogP contribution in [-0.2, 0) is 0 Å². The Hall–Kier alpha value is -1.22. The molecule has 0 fully saturated rings. The molecule has 0 radical (unpaired) electrons. The van der Waals surface area contributed by atoms with Crippen LogP contribution in [0.25, 0.3) is 0 Å². The lowest BCUT2D eigenvalue weighted by Gasteiger charge is -2.10. The van der Waals surface area contributed by atoms with Gasteiger partial charge in [-0.15, -0.1) is 0 Å². The fraction of sp³-hybridized carbons (Fsp3) is 0.200. The van der Waals surface area contributed by atoms with Gasteiger partial charge in [-0.1, -0.05) is 42.3 Å². The van der Waals surface area contributed by atoms with Crippen LogP contribution < -0.4 is 4.74 Å². The van der Waals surface area contributed by atoms with E-state index in [-0.39, 0.29) is 0 Å². The van der Waals surface area contributed by atoms with Crippen LogP contribution in [0.5, 0.6) is 11.5 Å². The van der Waals surface area contributed by atoms with Gasteiger partial charge in [0.2, 0.25) is 0 Å². The molecule has 0 amide bonds. The number of hydrogen-bond donors (Lipinski definition) is 1. The van der Waals surface area contributed by atoms with Crippen LogP contribution in [0.3, 0.4) is 0 Å². The van der Waals surface area contributed by atoms with Crippen molar-refractivity contribution in [1.82, 2.24) is 0 Å². The lowest BCUT2D eigenvalue weighted by Crippen LogP contribution is -1.94. The highest BCUT2D eigenvalue weighted by Gasteiger charge is 2.06. The topological polar surface area (TPSA) is 29.5 Å². The van der Waals surface area contributed by atoms with Crippen LogP contribution in [0.2, 0.25) is 10.0 Å². The Morgan fingerprint density at radius 2 is 1.79 bits per heavy atom. The van der Waals surface area contributed by atoms with Crippen LogP contribution in [0.4, 0.5) is 0 Å². The molecule has 4 heteroatoms. The Balaban J connectivity index is 2.15. The van der Waals surface area contributed by atoms with Crippen LogP contribution in [0, 0.1) is 0 Å². The summed E-state index contributed by atoms with van der Waals surface area (Å²) in [5.74, 6) is 1.21. The van der Waals surface area contributed by atoms with E-state index < -0.39 is 6.10 Å². The molecule has 2 rings (SSSR count). The van der Waals surface area contributed by atoms with Crippen LogP contribution in [0.1, 0.15) is 25.0 Å². The van der Waals surface area contributed by atoms with Crippen molar-refractivity contribution in [1.29, 1.82) is 0 Å². The molecule has 2 aromatic carbocycles. The van der Waals surface area contributed by atoms with Gasteiger partial charge in [-0.3, -0.25) is 0 Å². The Labute approximate surface area is 122 Å². The van der Waals surface area contributed by atoms with Crippen LogP contribution in [-0.4, -0.2) is 5.11 Å². The van der Waals surface area contributed by atoms with E-state index in [2.05, 4.69) is 0 Å². The molecule has 0 aliphatic carbocycles. The van der Waals surface area contributed by atoms with Crippen molar-refractivity contribution >= 4 is 23.2 Å². The third-order valence-electron chi connectivity index (χ3n) is 2.77. The fourth-order valence-corrected chi connectivity index (χ4v) is 2.13. The number of halogens is 2. The molecular weight excluding hydrogens is 283 g/mol. The standard InChI is InChI=1S/C15H14Cl2O2/c1-2-14(18)10-3-6-12(7-4-10)19-15-8-5-11(16)9-13(15)17/h3-9,14,18H,2H2,1H3/t14-/m0/s1. The van der Waals surface area contributed by atoms with E-state index in [0.29, 0.717) is 28.0 Å². The predicted octanol–water partition coefficient (Wildman–Crippen LogP) is 5.23. The molecule has 2 nitrogen and oxygen atoms in total. The molecule has 0 aliphatic rings. The maximum atomic E-state index is 9.71. The Bertz CT molecular complexity index is 553. The molecule has 0 saturated carbocycles. The summed E-state index contributed by atoms with van der Waals surface area (Å²) >= 11 is 11.9. The van der Waals surface area contributed by atoms with Gasteiger partial charge in [-0.05, 0) is 42.3 Å². The van der Waals surface area contributed by atoms with Crippen molar-refractivity contribution < 1.29 is 9.84 Å². The first-order valence-corrected chi connectivity index (χ1v) is 6.76. The Morgan fingerprint density at radius 1 is 1.11 bits per heavy atom. The number of ether oxygens (including phenoxy) is 1. The minimum Gasteiger partial charge on any atom is -0.456 e. The van der Waals surface area contributed by atoms with Gasteiger partial charge in [0.25, 0.3) is 0 Å². The van der Waals surface area contributed by atoms with Crippen LogP contribution >= 0.6 is 23.2 Å². The quantitative estimate of drug-likeness (QED) is 0.837. The highest BCUT2D eigenvalue weighted by atomic mass is 35.5. The summed E-state index contributed by atoms with van der Waals surface area (Å²) in [4.78, 5) is 0. The number of aliphatic hydroxyl groups excluding tert-OH is 1. The molecule has 1 atom stereocenters. The van der Waals surface area contributed by atoms with Gasteiger partial charge in [0.05, 0.1) is 11.1 Å².